The van der Waals surface area contributed by atoms with Crippen molar-refractivity contribution < 1.29 is 25.2 Å². The quantitative estimate of drug-likeness (QED) is 0.402. The molecule has 214 valence electrons. The molecular formula is C33H47NO5. The Morgan fingerprint density at radius 1 is 1.03 bits per heavy atom. The van der Waals surface area contributed by atoms with Crippen LogP contribution in [0.5, 0.6) is 0 Å². The molecule has 6 fully saturated rings. The van der Waals surface area contributed by atoms with Gasteiger partial charge in [-0.05, 0) is 116 Å². The normalized spacial score (nSPS) is 46.9. The van der Waals surface area contributed by atoms with Gasteiger partial charge >= 0.3 is 11.9 Å². The summed E-state index contributed by atoms with van der Waals surface area (Å²) in [7, 11) is 0. The number of rotatable bonds is 4. The van der Waals surface area contributed by atoms with Gasteiger partial charge in [-0.1, -0.05) is 20.8 Å². The first-order valence-corrected chi connectivity index (χ1v) is 15.5. The molecule has 0 bridgehead atoms. The highest BCUT2D eigenvalue weighted by atomic mass is 16.6. The van der Waals surface area contributed by atoms with E-state index in [2.05, 4.69) is 25.8 Å². The summed E-state index contributed by atoms with van der Waals surface area (Å²) in [5, 5.41) is 0. The predicted octanol–water partition coefficient (Wildman–Crippen LogP) is 6.62. The van der Waals surface area contributed by atoms with Crippen LogP contribution in [0.3, 0.4) is 0 Å². The number of pyridine rings is 1. The van der Waals surface area contributed by atoms with Gasteiger partial charge in [0.1, 0.15) is 12.7 Å². The Kier molecular flexibility index (Phi) is 5.84. The standard InChI is InChI=1S/C33H45NO5.H2/c1-20(35)37-18-22-7-8-24-26(38-22)16-25-23-9-10-27-30(2,3)28(39-29(36)21-6-5-15-34-17-21)11-12-33(27)19-32(23,33)14-13-31(24,25)4;/h5-6,15,17,22-28H,7-14,16,18-19H2,1-4H3;1H/t22?,23?,24?,25?,26?,27?,28-,31?,32?,33?;/m0./s1. The van der Waals surface area contributed by atoms with Gasteiger partial charge in [0.2, 0.25) is 0 Å². The molecule has 1 saturated heterocycles. The average Bonchev–Trinajstić information content (AvgIpc) is 3.49. The molecular weight excluding hydrogens is 490 g/mol. The molecule has 0 radical (unpaired) electrons. The number of aromatic nitrogens is 1. The van der Waals surface area contributed by atoms with E-state index in [4.69, 9.17) is 14.2 Å². The van der Waals surface area contributed by atoms with Crippen molar-refractivity contribution in [1.82, 2.24) is 4.98 Å². The number of hydrogen-bond acceptors (Lipinski definition) is 6. The number of nitrogens with zero attached hydrogens (tertiary/aromatic N) is 1. The summed E-state index contributed by atoms with van der Waals surface area (Å²) in [6.07, 6.45) is 15.8. The van der Waals surface area contributed by atoms with Crippen LogP contribution in [0.1, 0.15) is 104 Å². The lowest BCUT2D eigenvalue weighted by Crippen LogP contribution is -2.55. The Morgan fingerprint density at radius 3 is 2.62 bits per heavy atom. The van der Waals surface area contributed by atoms with Gasteiger partial charge in [-0.2, -0.15) is 0 Å². The highest BCUT2D eigenvalue weighted by Gasteiger charge is 2.80. The first kappa shape index (κ1) is 26.0. The summed E-state index contributed by atoms with van der Waals surface area (Å²) in [5.74, 6) is 2.33. The zero-order valence-electron chi connectivity index (χ0n) is 24.1. The van der Waals surface area contributed by atoms with E-state index in [-0.39, 0.29) is 31.0 Å². The predicted molar refractivity (Wildman–Crippen MR) is 148 cm³/mol. The highest BCUT2D eigenvalue weighted by molar-refractivity contribution is 5.89. The molecule has 0 aromatic carbocycles. The molecule has 0 amide bonds. The zero-order valence-corrected chi connectivity index (χ0v) is 24.1. The maximum atomic E-state index is 13.0. The fraction of sp³-hybridized carbons (Fsp3) is 0.788. The van der Waals surface area contributed by atoms with Gasteiger partial charge in [-0.25, -0.2) is 4.79 Å². The van der Waals surface area contributed by atoms with Crippen molar-refractivity contribution in [1.29, 1.82) is 0 Å². The van der Waals surface area contributed by atoms with Gasteiger partial charge in [0.05, 0.1) is 17.8 Å². The van der Waals surface area contributed by atoms with E-state index in [1.807, 2.05) is 0 Å². The van der Waals surface area contributed by atoms with E-state index in [0.29, 0.717) is 46.4 Å². The van der Waals surface area contributed by atoms with Gasteiger partial charge in [-0.15, -0.1) is 0 Å². The first-order valence-electron chi connectivity index (χ1n) is 15.5. The highest BCUT2D eigenvalue weighted by Crippen LogP contribution is 2.87. The van der Waals surface area contributed by atoms with Gasteiger partial charge in [0, 0.05) is 26.2 Å². The van der Waals surface area contributed by atoms with Gasteiger partial charge in [0.15, 0.2) is 0 Å². The third-order valence-corrected chi connectivity index (χ3v) is 13.2. The molecule has 6 heteroatoms. The Labute approximate surface area is 234 Å². The number of esters is 2. The second-order valence-electron chi connectivity index (χ2n) is 14.9. The van der Waals surface area contributed by atoms with Crippen LogP contribution < -0.4 is 0 Å². The molecule has 6 nitrogen and oxygen atoms in total. The molecule has 2 spiro atoms. The molecule has 6 aliphatic rings. The second kappa shape index (κ2) is 8.77. The largest absolute Gasteiger partial charge is 0.463 e. The van der Waals surface area contributed by atoms with Crippen LogP contribution in [0.2, 0.25) is 0 Å². The smallest absolute Gasteiger partial charge is 0.339 e. The van der Waals surface area contributed by atoms with E-state index >= 15 is 0 Å². The second-order valence-corrected chi connectivity index (χ2v) is 14.9. The molecule has 1 aromatic heterocycles. The van der Waals surface area contributed by atoms with E-state index in [0.717, 1.165) is 24.7 Å². The zero-order chi connectivity index (χ0) is 27.2. The minimum absolute atomic E-state index is 0. The van der Waals surface area contributed by atoms with Crippen LogP contribution in [0.4, 0.5) is 0 Å². The fourth-order valence-corrected chi connectivity index (χ4v) is 11.5. The Balaban J connectivity index is 0.00000289. The molecule has 9 unspecified atom stereocenters. The van der Waals surface area contributed by atoms with E-state index in [9.17, 15) is 9.59 Å². The van der Waals surface area contributed by atoms with Crippen LogP contribution in [-0.2, 0) is 19.0 Å². The van der Waals surface area contributed by atoms with Crippen molar-refractivity contribution in [2.75, 3.05) is 6.61 Å². The Bertz CT molecular complexity index is 1160. The van der Waals surface area contributed by atoms with Crippen molar-refractivity contribution in [2.45, 2.75) is 110 Å². The Hall–Kier alpha value is -1.95. The molecule has 2 heterocycles. The van der Waals surface area contributed by atoms with E-state index < -0.39 is 0 Å². The molecule has 5 aliphatic carbocycles. The van der Waals surface area contributed by atoms with Crippen LogP contribution in [0.25, 0.3) is 0 Å². The number of carbonyl (C=O) groups excluding carboxylic acids is 2. The summed E-state index contributed by atoms with van der Waals surface area (Å²) in [4.78, 5) is 28.4. The minimum Gasteiger partial charge on any atom is -0.463 e. The molecule has 39 heavy (non-hydrogen) atoms. The minimum atomic E-state index is -0.231. The van der Waals surface area contributed by atoms with Gasteiger partial charge in [-0.3, -0.25) is 9.78 Å². The molecule has 0 N–H and O–H groups in total. The first-order chi connectivity index (χ1) is 18.6. The summed E-state index contributed by atoms with van der Waals surface area (Å²) < 4.78 is 18.2. The summed E-state index contributed by atoms with van der Waals surface area (Å²) >= 11 is 0. The number of fused-ring (bicyclic) bond motifs is 4. The lowest BCUT2D eigenvalue weighted by Gasteiger charge is -2.59. The summed E-state index contributed by atoms with van der Waals surface area (Å²) in [5.41, 5.74) is 1.79. The van der Waals surface area contributed by atoms with Crippen LogP contribution >= 0.6 is 0 Å². The van der Waals surface area contributed by atoms with Crippen molar-refractivity contribution >= 4 is 11.9 Å². The number of ether oxygens (including phenoxy) is 3. The molecule has 1 aromatic rings. The lowest BCUT2D eigenvalue weighted by molar-refractivity contribution is -0.154. The average molecular weight is 538 g/mol. The lowest BCUT2D eigenvalue weighted by atomic mass is 9.46. The van der Waals surface area contributed by atoms with Gasteiger partial charge < -0.3 is 14.2 Å². The van der Waals surface area contributed by atoms with Crippen LogP contribution in [0.15, 0.2) is 24.5 Å². The van der Waals surface area contributed by atoms with Crippen LogP contribution in [-0.4, -0.2) is 41.8 Å². The maximum Gasteiger partial charge on any atom is 0.339 e. The summed E-state index contributed by atoms with van der Waals surface area (Å²) in [6.45, 7) is 9.22. The summed E-state index contributed by atoms with van der Waals surface area (Å²) in [6, 6.07) is 3.60. The van der Waals surface area contributed by atoms with Crippen molar-refractivity contribution in [3.63, 3.8) is 0 Å². The monoisotopic (exact) mass is 537 g/mol. The van der Waals surface area contributed by atoms with Crippen molar-refractivity contribution in [3.05, 3.63) is 30.1 Å². The van der Waals surface area contributed by atoms with Crippen LogP contribution in [0, 0.1) is 45.3 Å². The topological polar surface area (TPSA) is 74.7 Å². The fourth-order valence-electron chi connectivity index (χ4n) is 11.5. The number of hydrogen-bond donors (Lipinski definition) is 0. The van der Waals surface area contributed by atoms with Crippen molar-refractivity contribution in [3.8, 4) is 0 Å². The SMILES string of the molecule is CC(=O)OCC1CCC2C(CC3C4CCC5C(C)(C)[C@@H](OC(=O)c6cccnc6)CCC56CC46CCC23C)O1.[HH]. The van der Waals surface area contributed by atoms with Crippen molar-refractivity contribution in [2.24, 2.45) is 45.3 Å². The molecule has 1 aliphatic heterocycles. The number of carbonyl (C=O) groups is 2. The molecule has 7 rings (SSSR count). The third-order valence-electron chi connectivity index (χ3n) is 13.2. The van der Waals surface area contributed by atoms with E-state index in [1.54, 1.807) is 24.5 Å². The Morgan fingerprint density at radius 2 is 1.85 bits per heavy atom. The van der Waals surface area contributed by atoms with Gasteiger partial charge in [0.25, 0.3) is 0 Å². The molecule has 5 saturated carbocycles. The molecule has 10 atom stereocenters. The van der Waals surface area contributed by atoms with E-state index in [1.165, 1.54) is 58.3 Å². The maximum absolute atomic E-state index is 13.0. The third kappa shape index (κ3) is 3.65.